The predicted octanol–water partition coefficient (Wildman–Crippen LogP) is -26.2. The molecule has 0 aliphatic carbocycles. The number of carboxylic acid groups (broad SMARTS) is 3. The van der Waals surface area contributed by atoms with Crippen LogP contribution in [0.25, 0.3) is 0 Å². The molecule has 32 nitrogen and oxygen atoms in total. The van der Waals surface area contributed by atoms with Crippen LogP contribution in [0.1, 0.15) is 108 Å². The molecule has 0 aromatic heterocycles. The minimum absolute atomic E-state index is 0.0766. The fraction of sp³-hybridized carbons (Fsp3) is 0.638. The van der Waals surface area contributed by atoms with Crippen LogP contribution in [0.5, 0.6) is 0 Å². The number of hydrogen-bond donors (Lipinski definition) is 11. The number of nitrogens with two attached hydrogens (primary N) is 2. The van der Waals surface area contributed by atoms with Gasteiger partial charge in [0.05, 0.1) is 0 Å². The Labute approximate surface area is 680 Å². The van der Waals surface area contributed by atoms with Gasteiger partial charge in [-0.2, -0.15) is 0 Å². The Hall–Kier alpha value is 1.31. The Bertz CT molecular complexity index is 2510. The topological polar surface area (TPSA) is 561 Å². The van der Waals surface area contributed by atoms with Crippen molar-refractivity contribution in [2.75, 3.05) is 6.54 Å². The van der Waals surface area contributed by atoms with Crippen molar-refractivity contribution in [3.05, 3.63) is 0 Å². The second-order valence-corrected chi connectivity index (χ2v) is 32.5. The third-order valence-electron chi connectivity index (χ3n) is 8.84. The average molecular weight is 2440 g/mol. The van der Waals surface area contributed by atoms with Crippen molar-refractivity contribution < 1.29 is 314 Å². The number of halogens is 8. The molecular weight excluding hydrogens is 2340 g/mol. The van der Waals surface area contributed by atoms with Crippen molar-refractivity contribution >= 4 is 166 Å². The molecule has 0 aliphatic rings. The van der Waals surface area contributed by atoms with Gasteiger partial charge in [-0.05, 0) is 0 Å². The third-order valence-corrected chi connectivity index (χ3v) is 23.2. The third kappa shape index (κ3) is 70.7. The van der Waals surface area contributed by atoms with E-state index < -0.39 is 318 Å². The molecule has 0 aromatic rings. The van der Waals surface area contributed by atoms with E-state index in [9.17, 15) is 86.6 Å². The molecule has 95 heavy (non-hydrogen) atoms. The van der Waals surface area contributed by atoms with Crippen LogP contribution in [-0.4, -0.2) is 219 Å². The van der Waals surface area contributed by atoms with Crippen LogP contribution < -0.4 is 180 Å². The van der Waals surface area contributed by atoms with Crippen molar-refractivity contribution in [1.82, 2.24) is 0 Å². The molecule has 0 radical (unpaired) electrons. The van der Waals surface area contributed by atoms with Crippen molar-refractivity contribution in [3.63, 3.8) is 0 Å². The first-order valence-corrected chi connectivity index (χ1v) is 52.1. The number of aliphatic hydroxyl groups excluding tert-OH is 6. The summed E-state index contributed by atoms with van der Waals surface area (Å²) < 4.78 is 73.1. The van der Waals surface area contributed by atoms with Gasteiger partial charge in [-0.3, -0.25) is 0 Å². The molecule has 0 saturated heterocycles. The van der Waals surface area contributed by atoms with Gasteiger partial charge in [0.2, 0.25) is 0 Å². The van der Waals surface area contributed by atoms with E-state index in [1.54, 1.807) is 13.8 Å². The molecule has 48 heteroatoms. The van der Waals surface area contributed by atoms with Crippen LogP contribution in [0.2, 0.25) is 0 Å². The molecule has 0 aliphatic heterocycles. The summed E-state index contributed by atoms with van der Waals surface area (Å²) in [5.74, 6) is -8.69. The first kappa shape index (κ1) is 94.3. The number of ketones is 2. The van der Waals surface area contributed by atoms with E-state index in [0.717, 1.165) is 69.5 Å². The zero-order valence-electron chi connectivity index (χ0n) is 59.0. The second-order valence-electron chi connectivity index (χ2n) is 17.4. The summed E-state index contributed by atoms with van der Waals surface area (Å²) in [6.07, 6.45) is -13.1. The second kappa shape index (κ2) is 69.7. The summed E-state index contributed by atoms with van der Waals surface area (Å²) in [4.78, 5) is 184. The molecular formula is C47H78I8N2O30S8-8. The van der Waals surface area contributed by atoms with E-state index in [2.05, 4.69) is 9.47 Å². The van der Waals surface area contributed by atoms with Crippen molar-refractivity contribution in [2.24, 2.45) is 23.3 Å². The molecule has 568 valence electrons. The molecule has 0 fully saturated rings. The first-order valence-electron chi connectivity index (χ1n) is 28.3. The van der Waals surface area contributed by atoms with Crippen molar-refractivity contribution in [3.8, 4) is 0 Å². The number of rotatable bonds is 37. The minimum atomic E-state index is -1.70. The van der Waals surface area contributed by atoms with Gasteiger partial charge < -0.3 is 0 Å². The Morgan fingerprint density at radius 2 is 0.768 bits per heavy atom. The maximum atomic E-state index is 11.3. The number of aliphatic carboxylic acids is 3. The molecule has 0 bridgehead atoms. The fourth-order valence-electron chi connectivity index (χ4n) is 3.72. The van der Waals surface area contributed by atoms with E-state index in [-0.39, 0.29) is 68.2 Å². The van der Waals surface area contributed by atoms with Crippen LogP contribution in [0, 0.1) is 11.8 Å². The van der Waals surface area contributed by atoms with E-state index in [0.29, 0.717) is 8.93 Å². The summed E-state index contributed by atoms with van der Waals surface area (Å²) in [5, 5.41) is 75.4. The van der Waals surface area contributed by atoms with Gasteiger partial charge in [0.1, 0.15) is 0 Å². The van der Waals surface area contributed by atoms with Crippen LogP contribution in [-0.2, 0) is 100 Å². The summed E-state index contributed by atoms with van der Waals surface area (Å²) >= 11 is -7.47. The number of hydrogen-bond acceptors (Lipinski definition) is 37. The maximum absolute atomic E-state index is 11.3. The quantitative estimate of drug-likeness (QED) is 0.0156. The molecule has 13 N–H and O–H groups in total. The monoisotopic (exact) mass is 2440 g/mol. The van der Waals surface area contributed by atoms with Gasteiger partial charge in [-0.1, -0.05) is 0 Å². The van der Waals surface area contributed by atoms with Crippen LogP contribution >= 0.6 is 71.5 Å². The summed E-state index contributed by atoms with van der Waals surface area (Å²) in [6.45, 7) is 14.5. The molecule has 0 amide bonds. The Morgan fingerprint density at radius 1 is 0.389 bits per heavy atom. The van der Waals surface area contributed by atoms with Gasteiger partial charge in [-0.25, -0.2) is 0 Å². The summed E-state index contributed by atoms with van der Waals surface area (Å²) in [7, 11) is 7.01. The first-order chi connectivity index (χ1) is 47.6. The normalized spacial score (nSPS) is 15.5. The van der Waals surface area contributed by atoms with Crippen molar-refractivity contribution in [1.29, 1.82) is 4.75 Å². The molecule has 0 heterocycles. The predicted molar refractivity (Wildman–Crippen MR) is 329 cm³/mol. The fourth-order valence-corrected chi connectivity index (χ4v) is 13.6. The Morgan fingerprint density at radius 3 is 1.12 bits per heavy atom. The Balaban J connectivity index is -0.000000168. The van der Waals surface area contributed by atoms with Crippen molar-refractivity contribution in [2.45, 2.75) is 175 Å². The van der Waals surface area contributed by atoms with Crippen LogP contribution in [0.3, 0.4) is 0 Å². The van der Waals surface area contributed by atoms with Gasteiger partial charge in [0.25, 0.3) is 0 Å². The number of Topliss-reactive ketones (excluding diaryl/α,β-unsaturated/α-hetero) is 2. The summed E-state index contributed by atoms with van der Waals surface area (Å²) in [6, 6.07) is -0.717. The van der Waals surface area contributed by atoms with Crippen LogP contribution in [0.4, 0.5) is 0 Å². The zero-order chi connectivity index (χ0) is 82.4. The molecule has 0 saturated carbocycles. The SMILES string of the molecule is [3H][I-]SC(=O)C[C@H](O)C(=O)O[C@@H](C)C(=O)O.[3H][I-]SC(=O)[C@@H](O)CC(=O)O.[3H][I-]SC(=O)[C@H](C)CC(=O)C[C@H](O)C(=O)O.[3H][I-]SC(=O)[C@H](C)CC(=O)[C@H](C)O.[3H][I-]SC(=O)[C@H](C)O.[3H][I-]SC(=O)[C@H](C)OC(=O)CCN.[3H][I-]SC(=O)[C@H](C)OC(=O)[C@H](C)N.[3H][I-]SC(=O)[C@H](C)OC(=O)[C@H](C)O. The Kier molecular flexibility index (Phi) is 69.2. The number of carbonyl (C=O) groups excluding carboxylic acids is 14. The van der Waals surface area contributed by atoms with E-state index >= 15 is 0 Å². The van der Waals surface area contributed by atoms with E-state index in [4.69, 9.17) is 66.5 Å². The molecule has 13 atom stereocenters. The number of ether oxygens (including phenoxy) is 4. The van der Waals surface area contributed by atoms with Crippen LogP contribution in [0.15, 0.2) is 0 Å². The van der Waals surface area contributed by atoms with Gasteiger partial charge in [0, 0.05) is 0 Å². The number of aliphatic hydroxyl groups is 6. The number of carbonyl (C=O) groups is 17. The molecule has 0 unspecified atom stereocenters. The van der Waals surface area contributed by atoms with Gasteiger partial charge >= 0.3 is 690 Å². The molecule has 0 spiro atoms. The van der Waals surface area contributed by atoms with Gasteiger partial charge in [-0.15, -0.1) is 0 Å². The zero-order valence-corrected chi connectivity index (χ0v) is 74.8. The van der Waals surface area contributed by atoms with Gasteiger partial charge in [0.15, 0.2) is 0 Å². The number of carboxylic acids is 3. The molecule has 0 rings (SSSR count). The molecule has 0 aromatic carbocycles. The van der Waals surface area contributed by atoms with E-state index in [1.165, 1.54) is 48.5 Å². The number of esters is 4. The average Bonchev–Trinajstić information content (AvgIpc) is 1.09. The standard InChI is InChI=1S/C8H12IO5S.C7H10IO6S.C7H12IO3S.2C6H11INO3S.C6H10IO4S.C4H6IO4S.C3H6IO2S/c1-4(8(14)15-9)2-5(10)3-6(11)7(12)13;1-3(6(11)12)14-7(13)4(9)2-5(10)15-8;1-4(7(11)12-8)3-6(10)5(2)9;1-4(6(10)12-7)11-5(9)2-3-8;2*1-3(8)5(9)11-4(2)6(10)12-7;5-10-4(9)2(6)1-3(7)8;1-2(5)3(6)7-4/h4,6,9,11H,2-3H2,1H3,(H,12,13);3-4,8-9H,2H2,1H3,(H,11,12);4-5,8-9H,3H2,1-2H3;4,7H,2-3,8H2,1H3;3-4,7H,8H2,1-2H3;3-4,7-8H,1-2H3;2,5-6H,1H2,(H,7,8);2,4-5H,1H3/q8*-1/t4-,6+;3-,4-;4-,5+;4-;2*3-,4-;2*2-/m10100000/s1/i9T;2*8T;3*7T;5T;4T. The summed E-state index contributed by atoms with van der Waals surface area (Å²) in [5.41, 5.74) is 10.4. The van der Waals surface area contributed by atoms with E-state index in [1.807, 2.05) is 0 Å².